The lowest BCUT2D eigenvalue weighted by Gasteiger charge is -2.11. The molecule has 0 atom stereocenters. The van der Waals surface area contributed by atoms with Crippen LogP contribution in [0.4, 0.5) is 0 Å². The Morgan fingerprint density at radius 2 is 1.66 bits per heavy atom. The van der Waals surface area contributed by atoms with Gasteiger partial charge < -0.3 is 5.11 Å². The van der Waals surface area contributed by atoms with Crippen LogP contribution in [0.3, 0.4) is 0 Å². The van der Waals surface area contributed by atoms with Crippen molar-refractivity contribution in [1.29, 1.82) is 0 Å². The summed E-state index contributed by atoms with van der Waals surface area (Å²) in [5.74, 6) is -0.833. The Morgan fingerprint density at radius 3 is 2.31 bits per heavy atom. The van der Waals surface area contributed by atoms with Crippen LogP contribution in [-0.2, 0) is 34.1 Å². The first-order valence-electron chi connectivity index (χ1n) is 10.3. The van der Waals surface area contributed by atoms with Gasteiger partial charge in [-0.2, -0.15) is 0 Å². The van der Waals surface area contributed by atoms with E-state index in [1.54, 1.807) is 18.3 Å². The van der Waals surface area contributed by atoms with Crippen LogP contribution in [0.25, 0.3) is 0 Å². The van der Waals surface area contributed by atoms with Crippen LogP contribution in [0.2, 0.25) is 5.02 Å². The molecule has 1 aromatic heterocycles. The SMILES string of the molecule is O=C(O)CCc1cc(CCCNS(=O)(=O)c2ccc(Cl)cc2)cc(Cc2cccnc2)c1. The van der Waals surface area contributed by atoms with E-state index in [1.165, 1.54) is 12.1 Å². The fraction of sp³-hybridized carbons (Fsp3) is 0.250. The fourth-order valence-corrected chi connectivity index (χ4v) is 4.62. The molecule has 0 saturated heterocycles. The molecule has 32 heavy (non-hydrogen) atoms. The lowest BCUT2D eigenvalue weighted by atomic mass is 9.96. The van der Waals surface area contributed by atoms with Gasteiger partial charge in [0.2, 0.25) is 10.0 Å². The van der Waals surface area contributed by atoms with Gasteiger partial charge >= 0.3 is 5.97 Å². The number of carboxylic acid groups (broad SMARTS) is 1. The number of nitrogens with zero attached hydrogens (tertiary/aromatic N) is 1. The van der Waals surface area contributed by atoms with Gasteiger partial charge in [0.25, 0.3) is 0 Å². The predicted octanol–water partition coefficient (Wildman–Crippen LogP) is 4.25. The summed E-state index contributed by atoms with van der Waals surface area (Å²) in [6, 6.07) is 16.0. The number of carboxylic acids is 1. The summed E-state index contributed by atoms with van der Waals surface area (Å²) >= 11 is 5.82. The molecule has 2 aromatic carbocycles. The highest BCUT2D eigenvalue weighted by Gasteiger charge is 2.13. The summed E-state index contributed by atoms with van der Waals surface area (Å²) in [6.07, 6.45) is 6.04. The maximum atomic E-state index is 12.4. The molecule has 0 aliphatic carbocycles. The lowest BCUT2D eigenvalue weighted by Crippen LogP contribution is -2.25. The summed E-state index contributed by atoms with van der Waals surface area (Å²) in [7, 11) is -3.59. The third kappa shape index (κ3) is 7.44. The van der Waals surface area contributed by atoms with Crippen molar-refractivity contribution < 1.29 is 18.3 Å². The van der Waals surface area contributed by atoms with E-state index in [0.717, 1.165) is 22.3 Å². The van der Waals surface area contributed by atoms with Crippen molar-refractivity contribution in [2.45, 2.75) is 37.0 Å². The Balaban J connectivity index is 1.64. The normalized spacial score (nSPS) is 11.4. The standard InChI is InChI=1S/C24H25ClN2O4S/c25-22-6-8-23(9-7-22)32(30,31)27-12-2-3-18-13-19(5-10-24(28)29)15-21(14-18)16-20-4-1-11-26-17-20/h1,4,6-9,11,13-15,17,27H,2-3,5,10,12,16H2,(H,28,29). The molecule has 0 unspecified atom stereocenters. The zero-order valence-corrected chi connectivity index (χ0v) is 19.1. The number of aliphatic carboxylic acids is 1. The van der Waals surface area contributed by atoms with Crippen molar-refractivity contribution in [3.05, 3.63) is 94.3 Å². The zero-order valence-electron chi connectivity index (χ0n) is 17.5. The molecule has 0 aliphatic heterocycles. The molecule has 168 valence electrons. The molecular weight excluding hydrogens is 448 g/mol. The topological polar surface area (TPSA) is 96.4 Å². The Kier molecular flexibility index (Phi) is 8.39. The Hall–Kier alpha value is -2.74. The number of benzene rings is 2. The number of hydrogen-bond acceptors (Lipinski definition) is 4. The number of aryl methyl sites for hydroxylation is 2. The number of halogens is 1. The summed E-state index contributed by atoms with van der Waals surface area (Å²) in [6.45, 7) is 0.294. The van der Waals surface area contributed by atoms with Crippen LogP contribution in [0.15, 0.2) is 71.9 Å². The quantitative estimate of drug-likeness (QED) is 0.406. The van der Waals surface area contributed by atoms with Gasteiger partial charge in [-0.15, -0.1) is 0 Å². The first kappa shape index (κ1) is 23.9. The van der Waals surface area contributed by atoms with E-state index in [-0.39, 0.29) is 11.3 Å². The van der Waals surface area contributed by atoms with E-state index in [0.29, 0.717) is 37.3 Å². The Labute approximate surface area is 193 Å². The van der Waals surface area contributed by atoms with Gasteiger partial charge in [-0.05, 0) is 78.3 Å². The van der Waals surface area contributed by atoms with Crippen molar-refractivity contribution in [2.75, 3.05) is 6.54 Å². The summed E-state index contributed by atoms with van der Waals surface area (Å²) in [5.41, 5.74) is 4.17. The Bertz CT molecular complexity index is 1150. The number of carbonyl (C=O) groups is 1. The van der Waals surface area contributed by atoms with Crippen molar-refractivity contribution in [2.24, 2.45) is 0 Å². The fourth-order valence-electron chi connectivity index (χ4n) is 3.42. The highest BCUT2D eigenvalue weighted by molar-refractivity contribution is 7.89. The molecule has 0 bridgehead atoms. The molecule has 1 heterocycles. The maximum Gasteiger partial charge on any atom is 0.303 e. The van der Waals surface area contributed by atoms with E-state index < -0.39 is 16.0 Å². The van der Waals surface area contributed by atoms with Gasteiger partial charge in [0, 0.05) is 30.4 Å². The van der Waals surface area contributed by atoms with Gasteiger partial charge in [0.15, 0.2) is 0 Å². The van der Waals surface area contributed by atoms with Gasteiger partial charge in [0.1, 0.15) is 0 Å². The van der Waals surface area contributed by atoms with Crippen molar-refractivity contribution in [3.8, 4) is 0 Å². The molecule has 0 amide bonds. The number of pyridine rings is 1. The minimum absolute atomic E-state index is 0.0661. The Morgan fingerprint density at radius 1 is 0.969 bits per heavy atom. The molecule has 3 aromatic rings. The summed E-state index contributed by atoms with van der Waals surface area (Å²) < 4.78 is 27.4. The summed E-state index contributed by atoms with van der Waals surface area (Å²) in [5, 5.41) is 9.51. The average molecular weight is 473 g/mol. The molecule has 0 aliphatic rings. The average Bonchev–Trinajstić information content (AvgIpc) is 2.76. The number of rotatable bonds is 11. The van der Waals surface area contributed by atoms with E-state index in [2.05, 4.69) is 15.8 Å². The second kappa shape index (κ2) is 11.2. The molecule has 6 nitrogen and oxygen atoms in total. The van der Waals surface area contributed by atoms with Crippen molar-refractivity contribution in [3.63, 3.8) is 0 Å². The number of nitrogens with one attached hydrogen (secondary N) is 1. The number of aromatic nitrogens is 1. The van der Waals surface area contributed by atoms with Crippen LogP contribution in [-0.4, -0.2) is 31.0 Å². The first-order valence-corrected chi connectivity index (χ1v) is 12.2. The summed E-state index contributed by atoms with van der Waals surface area (Å²) in [4.78, 5) is 15.3. The molecule has 0 fully saturated rings. The third-order valence-electron chi connectivity index (χ3n) is 4.93. The van der Waals surface area contributed by atoms with Crippen LogP contribution in [0.1, 0.15) is 35.1 Å². The van der Waals surface area contributed by atoms with Gasteiger partial charge in [-0.25, -0.2) is 13.1 Å². The second-order valence-electron chi connectivity index (χ2n) is 7.54. The smallest absolute Gasteiger partial charge is 0.303 e. The van der Waals surface area contributed by atoms with Crippen molar-refractivity contribution >= 4 is 27.6 Å². The predicted molar refractivity (Wildman–Crippen MR) is 124 cm³/mol. The highest BCUT2D eigenvalue weighted by atomic mass is 35.5. The minimum Gasteiger partial charge on any atom is -0.481 e. The lowest BCUT2D eigenvalue weighted by molar-refractivity contribution is -0.136. The molecule has 0 saturated carbocycles. The molecule has 2 N–H and O–H groups in total. The van der Waals surface area contributed by atoms with Gasteiger partial charge in [0.05, 0.1) is 4.90 Å². The van der Waals surface area contributed by atoms with Crippen molar-refractivity contribution in [1.82, 2.24) is 9.71 Å². The monoisotopic (exact) mass is 472 g/mol. The van der Waals surface area contributed by atoms with E-state index in [1.807, 2.05) is 30.5 Å². The number of sulfonamides is 1. The largest absolute Gasteiger partial charge is 0.481 e. The first-order chi connectivity index (χ1) is 15.3. The number of hydrogen-bond donors (Lipinski definition) is 2. The second-order valence-corrected chi connectivity index (χ2v) is 9.75. The molecular formula is C24H25ClN2O4S. The molecule has 8 heteroatoms. The van der Waals surface area contributed by atoms with Crippen LogP contribution < -0.4 is 4.72 Å². The molecule has 0 radical (unpaired) electrons. The van der Waals surface area contributed by atoms with Gasteiger partial charge in [-0.1, -0.05) is 35.9 Å². The minimum atomic E-state index is -3.59. The van der Waals surface area contributed by atoms with E-state index >= 15 is 0 Å². The van der Waals surface area contributed by atoms with E-state index in [9.17, 15) is 13.2 Å². The van der Waals surface area contributed by atoms with E-state index in [4.69, 9.17) is 16.7 Å². The molecule has 0 spiro atoms. The van der Waals surface area contributed by atoms with Crippen LogP contribution >= 0.6 is 11.6 Å². The molecule has 3 rings (SSSR count). The zero-order chi connectivity index (χ0) is 23.0. The van der Waals surface area contributed by atoms with Crippen LogP contribution in [0, 0.1) is 0 Å². The van der Waals surface area contributed by atoms with Crippen LogP contribution in [0.5, 0.6) is 0 Å². The third-order valence-corrected chi connectivity index (χ3v) is 6.66. The van der Waals surface area contributed by atoms with Gasteiger partial charge in [-0.3, -0.25) is 9.78 Å². The maximum absolute atomic E-state index is 12.4. The highest BCUT2D eigenvalue weighted by Crippen LogP contribution is 2.18.